The number of carbonyl (C=O) groups excluding carboxylic acids is 5. The van der Waals surface area contributed by atoms with Crippen molar-refractivity contribution in [1.82, 2.24) is 5.32 Å². The van der Waals surface area contributed by atoms with Crippen molar-refractivity contribution < 1.29 is 58.2 Å². The van der Waals surface area contributed by atoms with Crippen LogP contribution in [0.5, 0.6) is 11.5 Å². The first-order chi connectivity index (χ1) is 23.8. The number of allylic oxidation sites excluding steroid dienone is 4. The van der Waals surface area contributed by atoms with E-state index in [0.29, 0.717) is 0 Å². The van der Waals surface area contributed by atoms with E-state index < -0.39 is 111 Å². The van der Waals surface area contributed by atoms with Crippen LogP contribution < -0.4 is 15.8 Å². The second-order valence-electron chi connectivity index (χ2n) is 13.6. The third-order valence-corrected chi connectivity index (χ3v) is 9.99. The van der Waals surface area contributed by atoms with E-state index in [0.717, 1.165) is 6.26 Å². The van der Waals surface area contributed by atoms with Crippen molar-refractivity contribution in [2.45, 2.75) is 85.6 Å². The van der Waals surface area contributed by atoms with Gasteiger partial charge in [0.1, 0.15) is 29.0 Å². The number of aliphatic hydroxyl groups excluding tert-OH is 2. The minimum Gasteiger partial charge on any atom is -0.507 e. The van der Waals surface area contributed by atoms with Gasteiger partial charge in [-0.3, -0.25) is 24.0 Å². The summed E-state index contributed by atoms with van der Waals surface area (Å²) in [4.78, 5) is 66.8. The number of carbonyl (C=O) groups is 5. The van der Waals surface area contributed by atoms with Crippen LogP contribution in [0.25, 0.3) is 0 Å². The number of methoxy groups -OCH3 is 1. The highest BCUT2D eigenvalue weighted by atomic mass is 16.7. The van der Waals surface area contributed by atoms with Gasteiger partial charge in [0.15, 0.2) is 0 Å². The quantitative estimate of drug-likeness (QED) is 0.279. The lowest BCUT2D eigenvalue weighted by Gasteiger charge is -2.38. The molecule has 1 amide bonds. The van der Waals surface area contributed by atoms with E-state index >= 15 is 0 Å². The second kappa shape index (κ2) is 14.8. The molecule has 5 rings (SSSR count). The predicted octanol–water partition coefficient (Wildman–Crippen LogP) is 2.92. The van der Waals surface area contributed by atoms with Crippen molar-refractivity contribution in [3.63, 3.8) is 0 Å². The zero-order chi connectivity index (χ0) is 38.3. The molecule has 1 aliphatic carbocycles. The average Bonchev–Trinajstić information content (AvgIpc) is 3.35. The number of benzene rings is 1. The molecule has 3 aliphatic heterocycles. The summed E-state index contributed by atoms with van der Waals surface area (Å²) in [5.74, 6) is -9.62. The molecule has 51 heavy (non-hydrogen) atoms. The number of nitrogens with two attached hydrogens (primary N) is 1. The van der Waals surface area contributed by atoms with Gasteiger partial charge in [0.05, 0.1) is 41.3 Å². The summed E-state index contributed by atoms with van der Waals surface area (Å²) in [6.07, 6.45) is 3.25. The van der Waals surface area contributed by atoms with Crippen LogP contribution in [0.4, 0.5) is 0 Å². The number of aliphatic hydroxyl groups is 2. The molecule has 9 atom stereocenters. The Hall–Kier alpha value is -4.79. The van der Waals surface area contributed by atoms with Crippen LogP contribution in [0, 0.1) is 30.6 Å². The summed E-state index contributed by atoms with van der Waals surface area (Å²) in [6, 6.07) is 0. The molecule has 0 saturated carbocycles. The summed E-state index contributed by atoms with van der Waals surface area (Å²) in [5.41, 5.74) is 3.62. The molecule has 0 saturated heterocycles. The van der Waals surface area contributed by atoms with Crippen LogP contribution in [0.15, 0.2) is 47.5 Å². The fourth-order valence-electron chi connectivity index (χ4n) is 6.72. The van der Waals surface area contributed by atoms with Crippen LogP contribution in [-0.4, -0.2) is 81.9 Å². The van der Waals surface area contributed by atoms with Crippen LogP contribution >= 0.6 is 0 Å². The number of Topliss-reactive ketones (excluding diaryl/α,β-unsaturated/α-hetero) is 3. The maximum Gasteiger partial charge on any atom is 0.312 e. The summed E-state index contributed by atoms with van der Waals surface area (Å²) in [5, 5.41) is 36.1. The first kappa shape index (κ1) is 39.0. The monoisotopic (exact) mass is 710 g/mol. The molecule has 1 aromatic carbocycles. The van der Waals surface area contributed by atoms with Crippen molar-refractivity contribution in [3.8, 4) is 11.5 Å². The number of rotatable bonds is 2. The number of amides is 1. The second-order valence-corrected chi connectivity index (χ2v) is 13.6. The number of phenols is 1. The molecule has 0 aromatic heterocycles. The van der Waals surface area contributed by atoms with E-state index in [1.165, 1.54) is 53.0 Å². The topological polar surface area (TPSA) is 221 Å². The van der Waals surface area contributed by atoms with Gasteiger partial charge in [-0.1, -0.05) is 45.9 Å². The highest BCUT2D eigenvalue weighted by Gasteiger charge is 2.52. The summed E-state index contributed by atoms with van der Waals surface area (Å²) >= 11 is 0. The Labute approximate surface area is 296 Å². The maximum atomic E-state index is 13.9. The zero-order valence-electron chi connectivity index (χ0n) is 30.1. The van der Waals surface area contributed by atoms with Gasteiger partial charge in [-0.15, -0.1) is 0 Å². The van der Waals surface area contributed by atoms with Gasteiger partial charge in [0, 0.05) is 55.8 Å². The summed E-state index contributed by atoms with van der Waals surface area (Å²) in [6.45, 7) is 12.2. The maximum absolute atomic E-state index is 13.9. The number of esters is 1. The lowest BCUT2D eigenvalue weighted by atomic mass is 9.78. The third kappa shape index (κ3) is 7.08. The Morgan fingerprint density at radius 2 is 1.59 bits per heavy atom. The molecular formula is C37H46N2O12. The number of phenolic OH excluding ortho intramolecular Hbond substituents is 1. The van der Waals surface area contributed by atoms with Crippen LogP contribution in [0.3, 0.4) is 0 Å². The van der Waals surface area contributed by atoms with E-state index in [1.54, 1.807) is 33.8 Å². The van der Waals surface area contributed by atoms with Crippen molar-refractivity contribution >= 4 is 29.2 Å². The molecule has 0 unspecified atom stereocenters. The first-order valence-electron chi connectivity index (χ1n) is 16.6. The molecule has 0 spiro atoms. The zero-order valence-corrected chi connectivity index (χ0v) is 30.1. The smallest absolute Gasteiger partial charge is 0.312 e. The van der Waals surface area contributed by atoms with E-state index in [9.17, 15) is 39.3 Å². The van der Waals surface area contributed by atoms with Crippen molar-refractivity contribution in [2.24, 2.45) is 29.4 Å². The number of fused-ring (bicyclic) bond motifs is 14. The van der Waals surface area contributed by atoms with Gasteiger partial charge in [0.2, 0.25) is 11.6 Å². The molecular weight excluding hydrogens is 664 g/mol. The SMILES string of the molecule is CO[C@H]1C=CO[C@@]2(C)Oc3c(C)c(O)c4c(c3C2=O)C(=O)C(N)=C(NC(=O)C(C)=C/C=C/[C@H](C)[C@H](O)[C@@H](C)[C@@H](O)[C@@H](C)[C@H](OC(C)=O)[C@@H]1C)C4=O. The van der Waals surface area contributed by atoms with Gasteiger partial charge in [0.25, 0.3) is 11.7 Å². The van der Waals surface area contributed by atoms with Crippen molar-refractivity contribution in [2.75, 3.05) is 7.11 Å². The lowest BCUT2D eigenvalue weighted by Crippen LogP contribution is -2.46. The van der Waals surface area contributed by atoms with Gasteiger partial charge in [-0.05, 0) is 19.9 Å². The molecule has 3 heterocycles. The number of ether oxygens (including phenoxy) is 4. The standard InChI is InChI=1S/C37H46N2O12/c1-15-11-10-12-16(2)36(47)39-27-26(38)31(44)23-24(32(27)45)30(43)20(6)34-25(23)35(46)37(8,51-34)49-14-13-22(48-9)17(3)33(50-21(7)40)19(5)29(42)18(4)28(15)41/h10-15,17-19,22,28-29,33,41-43H,38H2,1-9H3,(H,39,47)/b11-10+,14-13?,16-12?/t15-,17+,18+,19+,22-,28-,29+,33+,37-/m0/s1. The Morgan fingerprint density at radius 3 is 2.20 bits per heavy atom. The first-order valence-corrected chi connectivity index (χ1v) is 16.6. The van der Waals surface area contributed by atoms with Gasteiger partial charge >= 0.3 is 11.8 Å². The van der Waals surface area contributed by atoms with E-state index in [1.807, 2.05) is 0 Å². The van der Waals surface area contributed by atoms with Crippen molar-refractivity contribution in [1.29, 1.82) is 0 Å². The largest absolute Gasteiger partial charge is 0.507 e. The molecule has 5 bridgehead atoms. The highest BCUT2D eigenvalue weighted by Crippen LogP contribution is 2.48. The van der Waals surface area contributed by atoms with Gasteiger partial charge in [-0.25, -0.2) is 0 Å². The Morgan fingerprint density at radius 1 is 0.941 bits per heavy atom. The third-order valence-electron chi connectivity index (χ3n) is 9.99. The Kier molecular flexibility index (Phi) is 11.3. The van der Waals surface area contributed by atoms with Crippen molar-refractivity contribution in [3.05, 3.63) is 69.8 Å². The van der Waals surface area contributed by atoms with E-state index in [2.05, 4.69) is 5.32 Å². The van der Waals surface area contributed by atoms with Crippen LogP contribution in [0.1, 0.15) is 85.1 Å². The number of aromatic hydroxyl groups is 1. The molecule has 1 aromatic rings. The van der Waals surface area contributed by atoms with Crippen LogP contribution in [-0.2, 0) is 23.8 Å². The Bertz CT molecular complexity index is 1770. The average molecular weight is 711 g/mol. The minimum absolute atomic E-state index is 0.0295. The number of hydrogen-bond donors (Lipinski definition) is 5. The summed E-state index contributed by atoms with van der Waals surface area (Å²) in [7, 11) is 1.41. The molecule has 276 valence electrons. The molecule has 0 radical (unpaired) electrons. The van der Waals surface area contributed by atoms with Crippen LogP contribution in [0.2, 0.25) is 0 Å². The fourth-order valence-corrected chi connectivity index (χ4v) is 6.72. The normalized spacial score (nSPS) is 32.6. The minimum atomic E-state index is -2.08. The number of nitrogens with one attached hydrogen (secondary N) is 1. The molecule has 4 aliphatic rings. The predicted molar refractivity (Wildman–Crippen MR) is 182 cm³/mol. The van der Waals surface area contributed by atoms with E-state index in [4.69, 9.17) is 24.7 Å². The molecule has 0 fully saturated rings. The number of ketones is 3. The summed E-state index contributed by atoms with van der Waals surface area (Å²) < 4.78 is 23.1. The molecule has 6 N–H and O–H groups in total. The Balaban J connectivity index is 1.86. The lowest BCUT2D eigenvalue weighted by molar-refractivity contribution is -0.160. The van der Waals surface area contributed by atoms with Gasteiger partial charge < -0.3 is 45.3 Å². The number of hydrogen-bond acceptors (Lipinski definition) is 13. The van der Waals surface area contributed by atoms with Gasteiger partial charge in [-0.2, -0.15) is 0 Å². The fraction of sp³-hybridized carbons (Fsp3) is 0.486. The highest BCUT2D eigenvalue weighted by molar-refractivity contribution is 6.32. The molecule has 14 heteroatoms. The van der Waals surface area contributed by atoms with E-state index in [-0.39, 0.29) is 22.4 Å². The molecule has 14 nitrogen and oxygen atoms in total.